The second-order valence-corrected chi connectivity index (χ2v) is 37.9. The van der Waals surface area contributed by atoms with Gasteiger partial charge in [0, 0.05) is 0 Å². The number of rotatable bonds is 16. The molecule has 0 bridgehead atoms. The fraction of sp³-hybridized carbons (Fsp3) is 0.118. The van der Waals surface area contributed by atoms with E-state index >= 15 is 0 Å². The molecular formula is C136H120. The third-order valence-electron chi connectivity index (χ3n) is 25.5. The lowest BCUT2D eigenvalue weighted by atomic mass is 9.90. The van der Waals surface area contributed by atoms with Crippen molar-refractivity contribution in [2.45, 2.75) is 111 Å². The van der Waals surface area contributed by atoms with Crippen LogP contribution in [0, 0.1) is 111 Å². The van der Waals surface area contributed by atoms with Crippen LogP contribution in [0.25, 0.3) is 178 Å². The average molecular weight is 1750 g/mol. The zero-order chi connectivity index (χ0) is 94.6. The number of benzene rings is 20. The summed E-state index contributed by atoms with van der Waals surface area (Å²) >= 11 is 0. The minimum atomic E-state index is 1.24. The third kappa shape index (κ3) is 23.2. The van der Waals surface area contributed by atoms with Crippen molar-refractivity contribution in [3.8, 4) is 178 Å². The van der Waals surface area contributed by atoms with Crippen LogP contribution in [0.2, 0.25) is 0 Å². The van der Waals surface area contributed by atoms with E-state index in [2.05, 4.69) is 548 Å². The summed E-state index contributed by atoms with van der Waals surface area (Å²) < 4.78 is 0. The molecule has 0 aromatic heterocycles. The zero-order valence-electron chi connectivity index (χ0n) is 81.6. The Hall–Kier alpha value is -15.6. The quantitative estimate of drug-likeness (QED) is 0.0904. The first-order valence-corrected chi connectivity index (χ1v) is 47.7. The molecule has 0 heterocycles. The first-order chi connectivity index (χ1) is 65.8. The Morgan fingerprint density at radius 1 is 0.0735 bits per heavy atom. The molecule has 0 saturated heterocycles. The molecule has 0 aliphatic heterocycles. The summed E-state index contributed by atoms with van der Waals surface area (Å²) in [7, 11) is 0. The van der Waals surface area contributed by atoms with Gasteiger partial charge in [0.15, 0.2) is 0 Å². The van der Waals surface area contributed by atoms with Gasteiger partial charge < -0.3 is 0 Å². The van der Waals surface area contributed by atoms with Gasteiger partial charge in [0.2, 0.25) is 0 Å². The van der Waals surface area contributed by atoms with Crippen LogP contribution in [-0.2, 0) is 0 Å². The molecule has 20 aromatic carbocycles. The van der Waals surface area contributed by atoms with E-state index in [0.717, 1.165) is 0 Å². The fourth-order valence-corrected chi connectivity index (χ4v) is 19.7. The molecule has 0 aliphatic carbocycles. The molecule has 664 valence electrons. The molecule has 0 radical (unpaired) electrons. The Morgan fingerprint density at radius 2 is 0.176 bits per heavy atom. The van der Waals surface area contributed by atoms with Gasteiger partial charge in [-0.25, -0.2) is 0 Å². The van der Waals surface area contributed by atoms with Crippen molar-refractivity contribution < 1.29 is 0 Å². The Kier molecular flexibility index (Phi) is 28.3. The van der Waals surface area contributed by atoms with Gasteiger partial charge in [-0.15, -0.1) is 0 Å². The smallest absolute Gasteiger partial charge is 0.0105 e. The van der Waals surface area contributed by atoms with Crippen LogP contribution < -0.4 is 0 Å². The highest BCUT2D eigenvalue weighted by molar-refractivity contribution is 5.89. The largest absolute Gasteiger partial charge is 0.0616 e. The third-order valence-corrected chi connectivity index (χ3v) is 25.5. The molecule has 0 N–H and O–H groups in total. The second-order valence-electron chi connectivity index (χ2n) is 37.9. The molecule has 0 spiro atoms. The molecule has 0 fully saturated rings. The maximum atomic E-state index is 2.32. The standard InChI is InChI=1S/4C34H30/c1-23-14-24(2)17-33(16-23)31-12-6-10-29(21-31)27-8-5-9-28(20-27)30-11-7-13-32(22-30)34-18-25(3)15-26(4)19-34;2*1-23-15-24(2)18-33(17-23)31-9-5-7-29(21-31)27-11-13-28(14-12-27)30-8-6-10-32(22-30)34-19-25(3)16-26(4)20-34;1-23-15-24(2)18-31(17-23)27-9-7-11-29(21-27)33-13-5-6-14-34(33)30-12-8-10-28(22-30)32-19-25(3)16-26(4)20-32/h4*5-22H,1-4H3. The molecule has 0 saturated carbocycles. The molecule has 0 aliphatic rings. The summed E-state index contributed by atoms with van der Waals surface area (Å²) in [4.78, 5) is 0. The predicted octanol–water partition coefficient (Wildman–Crippen LogP) is 38.4. The molecule has 0 unspecified atom stereocenters. The maximum Gasteiger partial charge on any atom is -0.0105 e. The van der Waals surface area contributed by atoms with E-state index in [0.29, 0.717) is 0 Å². The number of aryl methyl sites for hydroxylation is 16. The van der Waals surface area contributed by atoms with Gasteiger partial charge in [0.25, 0.3) is 0 Å². The first-order valence-electron chi connectivity index (χ1n) is 47.7. The van der Waals surface area contributed by atoms with Crippen molar-refractivity contribution in [3.63, 3.8) is 0 Å². The Morgan fingerprint density at radius 3 is 0.309 bits per heavy atom. The van der Waals surface area contributed by atoms with E-state index in [1.165, 1.54) is 267 Å². The molecule has 0 heteroatoms. The van der Waals surface area contributed by atoms with Gasteiger partial charge in [-0.05, 0) is 343 Å². The molecule has 20 aromatic rings. The molecular weight excluding hydrogens is 1630 g/mol. The lowest BCUT2D eigenvalue weighted by molar-refractivity contribution is 1.38. The van der Waals surface area contributed by atoms with Gasteiger partial charge in [-0.1, -0.05) is 471 Å². The SMILES string of the molecule is Cc1cc(C)cc(-c2cccc(-c3ccc(-c4cccc(-c5cc(C)cc(C)c5)c4)cc3)c2)c1.Cc1cc(C)cc(-c2cccc(-c3ccc(-c4cccc(-c5cc(C)cc(C)c5)c4)cc3)c2)c1.Cc1cc(C)cc(-c2cccc(-c3cccc(-c4cccc(-c5cc(C)cc(C)c5)c4)c3)c2)c1.Cc1cc(C)cc(-c2cccc(-c3ccccc3-c3cccc(-c4cc(C)cc(C)c4)c3)c2)c1. The summed E-state index contributed by atoms with van der Waals surface area (Å²) in [5, 5.41) is 0. The zero-order valence-corrected chi connectivity index (χ0v) is 81.6. The van der Waals surface area contributed by atoms with Crippen LogP contribution >= 0.6 is 0 Å². The minimum absolute atomic E-state index is 1.24. The summed E-state index contributed by atoms with van der Waals surface area (Å²) in [6, 6.07) is 161. The Labute approximate surface area is 808 Å². The predicted molar refractivity (Wildman–Crippen MR) is 589 cm³/mol. The van der Waals surface area contributed by atoms with Crippen molar-refractivity contribution in [3.05, 3.63) is 526 Å². The number of hydrogen-bond donors (Lipinski definition) is 0. The monoisotopic (exact) mass is 1750 g/mol. The molecule has 20 rings (SSSR count). The van der Waals surface area contributed by atoms with Crippen LogP contribution in [0.15, 0.2) is 437 Å². The summed E-state index contributed by atoms with van der Waals surface area (Å²) in [5.74, 6) is 0. The van der Waals surface area contributed by atoms with Gasteiger partial charge in [-0.3, -0.25) is 0 Å². The molecule has 0 atom stereocenters. The number of hydrogen-bond acceptors (Lipinski definition) is 0. The van der Waals surface area contributed by atoms with E-state index in [1.807, 2.05) is 0 Å². The summed E-state index contributed by atoms with van der Waals surface area (Å²) in [6.07, 6.45) is 0. The first kappa shape index (κ1) is 92.3. The van der Waals surface area contributed by atoms with Gasteiger partial charge >= 0.3 is 0 Å². The van der Waals surface area contributed by atoms with Crippen LogP contribution in [0.3, 0.4) is 0 Å². The molecule has 136 heavy (non-hydrogen) atoms. The van der Waals surface area contributed by atoms with Crippen LogP contribution in [0.4, 0.5) is 0 Å². The molecule has 0 nitrogen and oxygen atoms in total. The highest BCUT2D eigenvalue weighted by Crippen LogP contribution is 2.41. The summed E-state index contributed by atoms with van der Waals surface area (Å²) in [6.45, 7) is 34.6. The topological polar surface area (TPSA) is 0 Å². The van der Waals surface area contributed by atoms with E-state index in [1.54, 1.807) is 0 Å². The van der Waals surface area contributed by atoms with Crippen molar-refractivity contribution in [2.24, 2.45) is 0 Å². The van der Waals surface area contributed by atoms with Crippen LogP contribution in [0.5, 0.6) is 0 Å². The van der Waals surface area contributed by atoms with Crippen LogP contribution in [0.1, 0.15) is 89.0 Å². The van der Waals surface area contributed by atoms with Crippen molar-refractivity contribution in [2.75, 3.05) is 0 Å². The van der Waals surface area contributed by atoms with E-state index in [9.17, 15) is 0 Å². The second kappa shape index (κ2) is 41.7. The minimum Gasteiger partial charge on any atom is -0.0616 e. The van der Waals surface area contributed by atoms with E-state index < -0.39 is 0 Å². The highest BCUT2D eigenvalue weighted by Gasteiger charge is 2.16. The van der Waals surface area contributed by atoms with Crippen molar-refractivity contribution in [1.82, 2.24) is 0 Å². The van der Waals surface area contributed by atoms with Crippen LogP contribution in [-0.4, -0.2) is 0 Å². The lowest BCUT2D eigenvalue weighted by Crippen LogP contribution is -1.88. The molecule has 0 amide bonds. The van der Waals surface area contributed by atoms with E-state index in [-0.39, 0.29) is 0 Å². The van der Waals surface area contributed by atoms with E-state index in [4.69, 9.17) is 0 Å². The summed E-state index contributed by atoms with van der Waals surface area (Å²) in [5.41, 5.74) is 60.9. The van der Waals surface area contributed by atoms with Crippen molar-refractivity contribution >= 4 is 0 Å². The fourth-order valence-electron chi connectivity index (χ4n) is 19.7. The maximum absolute atomic E-state index is 2.32. The van der Waals surface area contributed by atoms with Gasteiger partial charge in [0.1, 0.15) is 0 Å². The lowest BCUT2D eigenvalue weighted by Gasteiger charge is -2.14. The van der Waals surface area contributed by atoms with Gasteiger partial charge in [0.05, 0.1) is 0 Å². The normalized spacial score (nSPS) is 10.9. The Bertz CT molecular complexity index is 6900. The highest BCUT2D eigenvalue weighted by atomic mass is 14.2. The van der Waals surface area contributed by atoms with Crippen molar-refractivity contribution in [1.29, 1.82) is 0 Å². The Balaban J connectivity index is 0.000000126. The average Bonchev–Trinajstić information content (AvgIpc) is 0.780. The van der Waals surface area contributed by atoms with Gasteiger partial charge in [-0.2, -0.15) is 0 Å².